The summed E-state index contributed by atoms with van der Waals surface area (Å²) in [5.74, 6) is 3.27. The van der Waals surface area contributed by atoms with Crippen molar-refractivity contribution >= 4 is 0 Å². The SMILES string of the molecule is CC1CC2CCC([C@@H](O)[C@@H]3CCCN3)C(C1)C2. The van der Waals surface area contributed by atoms with Crippen molar-refractivity contribution in [2.24, 2.45) is 23.7 Å². The number of hydrogen-bond acceptors (Lipinski definition) is 2. The molecule has 2 saturated carbocycles. The molecule has 17 heavy (non-hydrogen) atoms. The fraction of sp³-hybridized carbons (Fsp3) is 1.00. The monoisotopic (exact) mass is 237 g/mol. The average Bonchev–Trinajstić information content (AvgIpc) is 2.81. The lowest BCUT2D eigenvalue weighted by molar-refractivity contribution is -0.0145. The van der Waals surface area contributed by atoms with Crippen LogP contribution in [0.1, 0.15) is 51.9 Å². The lowest BCUT2D eigenvalue weighted by Gasteiger charge is -2.45. The summed E-state index contributed by atoms with van der Waals surface area (Å²) in [7, 11) is 0. The zero-order chi connectivity index (χ0) is 11.8. The molecule has 0 aromatic carbocycles. The number of rotatable bonds is 2. The third-order valence-corrected chi connectivity index (χ3v) is 5.54. The molecule has 3 fully saturated rings. The molecule has 98 valence electrons. The Hall–Kier alpha value is -0.0800. The van der Waals surface area contributed by atoms with Crippen LogP contribution in [-0.2, 0) is 0 Å². The zero-order valence-corrected chi connectivity index (χ0v) is 11.1. The minimum atomic E-state index is -0.0752. The Balaban J connectivity index is 1.65. The van der Waals surface area contributed by atoms with Crippen LogP contribution < -0.4 is 5.32 Å². The maximum Gasteiger partial charge on any atom is 0.0723 e. The van der Waals surface area contributed by atoms with E-state index in [4.69, 9.17) is 0 Å². The van der Waals surface area contributed by atoms with Gasteiger partial charge in [-0.1, -0.05) is 13.3 Å². The number of nitrogens with one attached hydrogen (secondary N) is 1. The van der Waals surface area contributed by atoms with E-state index in [1.807, 2.05) is 0 Å². The molecule has 2 bridgehead atoms. The molecule has 1 aliphatic heterocycles. The highest BCUT2D eigenvalue weighted by Crippen LogP contribution is 2.47. The molecule has 2 aliphatic carbocycles. The summed E-state index contributed by atoms with van der Waals surface area (Å²) in [5.41, 5.74) is 0. The van der Waals surface area contributed by atoms with Crippen LogP contribution in [0.15, 0.2) is 0 Å². The van der Waals surface area contributed by atoms with E-state index in [2.05, 4.69) is 12.2 Å². The minimum Gasteiger partial charge on any atom is -0.391 e. The quantitative estimate of drug-likeness (QED) is 0.773. The molecule has 3 rings (SSSR count). The normalized spacial score (nSPS) is 48.0. The molecule has 6 atom stereocenters. The van der Waals surface area contributed by atoms with Crippen LogP contribution in [-0.4, -0.2) is 23.8 Å². The highest BCUT2D eigenvalue weighted by atomic mass is 16.3. The molecule has 2 nitrogen and oxygen atoms in total. The smallest absolute Gasteiger partial charge is 0.0723 e. The summed E-state index contributed by atoms with van der Waals surface area (Å²) in [4.78, 5) is 0. The Kier molecular flexibility index (Phi) is 3.45. The molecule has 3 aliphatic rings. The molecule has 2 N–H and O–H groups in total. The highest BCUT2D eigenvalue weighted by Gasteiger charge is 2.41. The van der Waals surface area contributed by atoms with Gasteiger partial charge in [0.15, 0.2) is 0 Å². The largest absolute Gasteiger partial charge is 0.391 e. The number of fused-ring (bicyclic) bond motifs is 2. The van der Waals surface area contributed by atoms with Crippen molar-refractivity contribution in [3.05, 3.63) is 0 Å². The topological polar surface area (TPSA) is 32.3 Å². The third kappa shape index (κ3) is 2.39. The molecule has 2 heteroatoms. The predicted molar refractivity (Wildman–Crippen MR) is 69.8 cm³/mol. The van der Waals surface area contributed by atoms with E-state index in [0.717, 1.165) is 24.3 Å². The van der Waals surface area contributed by atoms with Crippen LogP contribution >= 0.6 is 0 Å². The summed E-state index contributed by atoms with van der Waals surface area (Å²) >= 11 is 0. The highest BCUT2D eigenvalue weighted by molar-refractivity contribution is 4.94. The van der Waals surface area contributed by atoms with Gasteiger partial charge in [-0.15, -0.1) is 0 Å². The van der Waals surface area contributed by atoms with E-state index < -0.39 is 0 Å². The van der Waals surface area contributed by atoms with E-state index >= 15 is 0 Å². The molecule has 0 amide bonds. The van der Waals surface area contributed by atoms with E-state index in [-0.39, 0.29) is 6.10 Å². The van der Waals surface area contributed by atoms with Crippen LogP contribution in [0.4, 0.5) is 0 Å². The van der Waals surface area contributed by atoms with Crippen molar-refractivity contribution in [1.82, 2.24) is 5.32 Å². The molecule has 0 aromatic rings. The van der Waals surface area contributed by atoms with Crippen LogP contribution in [0.3, 0.4) is 0 Å². The molecular formula is C15H27NO. The van der Waals surface area contributed by atoms with E-state index in [0.29, 0.717) is 12.0 Å². The van der Waals surface area contributed by atoms with Gasteiger partial charge in [-0.25, -0.2) is 0 Å². The molecule has 4 unspecified atom stereocenters. The van der Waals surface area contributed by atoms with Crippen LogP contribution in [0.5, 0.6) is 0 Å². The van der Waals surface area contributed by atoms with Gasteiger partial charge >= 0.3 is 0 Å². The molecule has 0 radical (unpaired) electrons. The van der Waals surface area contributed by atoms with Crippen LogP contribution in [0.2, 0.25) is 0 Å². The van der Waals surface area contributed by atoms with Crippen LogP contribution in [0, 0.1) is 23.7 Å². The van der Waals surface area contributed by atoms with Crippen LogP contribution in [0.25, 0.3) is 0 Å². The summed E-state index contributed by atoms with van der Waals surface area (Å²) in [6.07, 6.45) is 9.22. The zero-order valence-electron chi connectivity index (χ0n) is 11.1. The Morgan fingerprint density at radius 3 is 2.76 bits per heavy atom. The van der Waals surface area contributed by atoms with Gasteiger partial charge in [0.2, 0.25) is 0 Å². The summed E-state index contributed by atoms with van der Waals surface area (Å²) < 4.78 is 0. The van der Waals surface area contributed by atoms with Gasteiger partial charge in [-0.3, -0.25) is 0 Å². The lowest BCUT2D eigenvalue weighted by atomic mass is 9.62. The fourth-order valence-electron chi connectivity index (χ4n) is 4.80. The van der Waals surface area contributed by atoms with Crippen molar-refractivity contribution < 1.29 is 5.11 Å². The second-order valence-electron chi connectivity index (χ2n) is 6.87. The summed E-state index contributed by atoms with van der Waals surface area (Å²) in [6, 6.07) is 0.397. The summed E-state index contributed by atoms with van der Waals surface area (Å²) in [5, 5.41) is 14.1. The van der Waals surface area contributed by atoms with Gasteiger partial charge in [-0.2, -0.15) is 0 Å². The average molecular weight is 237 g/mol. The van der Waals surface area contributed by atoms with Gasteiger partial charge in [0.1, 0.15) is 0 Å². The summed E-state index contributed by atoms with van der Waals surface area (Å²) in [6.45, 7) is 3.51. The van der Waals surface area contributed by atoms with E-state index in [1.165, 1.54) is 44.9 Å². The molecule has 0 aromatic heterocycles. The minimum absolute atomic E-state index is 0.0752. The number of aliphatic hydroxyl groups is 1. The maximum atomic E-state index is 10.6. The van der Waals surface area contributed by atoms with E-state index in [1.54, 1.807) is 0 Å². The van der Waals surface area contributed by atoms with Crippen molar-refractivity contribution in [2.45, 2.75) is 64.0 Å². The molecular weight excluding hydrogens is 210 g/mol. The number of aliphatic hydroxyl groups excluding tert-OH is 1. The fourth-order valence-corrected chi connectivity index (χ4v) is 4.80. The molecule has 1 heterocycles. The third-order valence-electron chi connectivity index (χ3n) is 5.54. The maximum absolute atomic E-state index is 10.6. The predicted octanol–water partition coefficient (Wildman–Crippen LogP) is 2.56. The van der Waals surface area contributed by atoms with Gasteiger partial charge < -0.3 is 10.4 Å². The number of hydrogen-bond donors (Lipinski definition) is 2. The van der Waals surface area contributed by atoms with Crippen molar-refractivity contribution in [1.29, 1.82) is 0 Å². The second-order valence-corrected chi connectivity index (χ2v) is 6.87. The van der Waals surface area contributed by atoms with Crippen molar-refractivity contribution in [2.75, 3.05) is 6.54 Å². The van der Waals surface area contributed by atoms with Gasteiger partial charge in [-0.05, 0) is 68.7 Å². The molecule has 1 saturated heterocycles. The van der Waals surface area contributed by atoms with Crippen molar-refractivity contribution in [3.8, 4) is 0 Å². The Morgan fingerprint density at radius 2 is 2.00 bits per heavy atom. The van der Waals surface area contributed by atoms with Gasteiger partial charge in [0.05, 0.1) is 6.10 Å². The lowest BCUT2D eigenvalue weighted by Crippen LogP contribution is -2.46. The Morgan fingerprint density at radius 1 is 1.12 bits per heavy atom. The first kappa shape index (κ1) is 12.0. The first-order valence-corrected chi connectivity index (χ1v) is 7.65. The van der Waals surface area contributed by atoms with Gasteiger partial charge in [0.25, 0.3) is 0 Å². The second kappa shape index (κ2) is 4.89. The Labute approximate surface area is 105 Å². The van der Waals surface area contributed by atoms with Gasteiger partial charge in [0, 0.05) is 6.04 Å². The van der Waals surface area contributed by atoms with E-state index in [9.17, 15) is 5.11 Å². The Bertz CT molecular complexity index is 258. The first-order valence-electron chi connectivity index (χ1n) is 7.65. The van der Waals surface area contributed by atoms with Crippen molar-refractivity contribution in [3.63, 3.8) is 0 Å². The first-order chi connectivity index (χ1) is 8.24. The molecule has 0 spiro atoms. The standard InChI is InChI=1S/C15H27NO/c1-10-7-11-4-5-13(12(8-10)9-11)15(17)14-3-2-6-16-14/h10-17H,2-9H2,1H3/t10?,11?,12?,13?,14-,15+/m0/s1.